The van der Waals surface area contributed by atoms with Crippen LogP contribution in [0.3, 0.4) is 0 Å². The van der Waals surface area contributed by atoms with E-state index in [2.05, 4.69) is 22.9 Å². The van der Waals surface area contributed by atoms with Gasteiger partial charge in [-0.25, -0.2) is 8.42 Å². The molecule has 1 amide bonds. The Bertz CT molecular complexity index is 1520. The molecule has 194 valence electrons. The molecule has 1 N–H and O–H groups in total. The number of rotatable bonds is 9. The second-order valence-corrected chi connectivity index (χ2v) is 12.1. The highest BCUT2D eigenvalue weighted by atomic mass is 35.5. The van der Waals surface area contributed by atoms with Crippen molar-refractivity contribution >= 4 is 43.9 Å². The van der Waals surface area contributed by atoms with Crippen LogP contribution in [0.5, 0.6) is 5.75 Å². The van der Waals surface area contributed by atoms with E-state index in [0.717, 1.165) is 28.7 Å². The molecular weight excluding hydrogens is 508 g/mol. The van der Waals surface area contributed by atoms with Crippen LogP contribution in [0.25, 0.3) is 10.9 Å². The predicted molar refractivity (Wildman–Crippen MR) is 149 cm³/mol. The van der Waals surface area contributed by atoms with E-state index in [9.17, 15) is 13.2 Å². The van der Waals surface area contributed by atoms with Crippen LogP contribution in [-0.4, -0.2) is 24.6 Å². The molecule has 0 spiro atoms. The molecular formula is C29H31ClN2O4S. The maximum absolute atomic E-state index is 12.5. The summed E-state index contributed by atoms with van der Waals surface area (Å²) in [4.78, 5) is 12.8. The Morgan fingerprint density at radius 3 is 2.27 bits per heavy atom. The second-order valence-electron chi connectivity index (χ2n) is 9.39. The van der Waals surface area contributed by atoms with Crippen LogP contribution in [-0.2, 0) is 33.2 Å². The summed E-state index contributed by atoms with van der Waals surface area (Å²) in [6.45, 7) is 8.57. The zero-order valence-electron chi connectivity index (χ0n) is 21.4. The molecule has 37 heavy (non-hydrogen) atoms. The number of hydrogen-bond donors (Lipinski definition) is 1. The van der Waals surface area contributed by atoms with E-state index in [1.807, 2.05) is 44.2 Å². The van der Waals surface area contributed by atoms with E-state index in [-0.39, 0.29) is 23.0 Å². The molecule has 1 aromatic heterocycles. The molecule has 0 radical (unpaired) electrons. The third-order valence-electron chi connectivity index (χ3n) is 6.33. The Kier molecular flexibility index (Phi) is 7.67. The van der Waals surface area contributed by atoms with Gasteiger partial charge in [0.05, 0.1) is 22.8 Å². The number of sulfone groups is 1. The van der Waals surface area contributed by atoms with Gasteiger partial charge >= 0.3 is 0 Å². The van der Waals surface area contributed by atoms with E-state index in [1.54, 1.807) is 43.3 Å². The van der Waals surface area contributed by atoms with Gasteiger partial charge < -0.3 is 14.6 Å². The number of carbonyl (C=O) groups is 1. The number of amides is 1. The van der Waals surface area contributed by atoms with Crippen molar-refractivity contribution in [1.29, 1.82) is 0 Å². The fourth-order valence-electron chi connectivity index (χ4n) is 4.41. The largest absolute Gasteiger partial charge is 0.482 e. The minimum absolute atomic E-state index is 0.0424. The molecule has 0 aliphatic rings. The van der Waals surface area contributed by atoms with Crippen molar-refractivity contribution in [2.24, 2.45) is 0 Å². The maximum Gasteiger partial charge on any atom is 0.228 e. The molecule has 0 fully saturated rings. The minimum Gasteiger partial charge on any atom is -0.482 e. The number of ether oxygens (including phenoxy) is 1. The minimum atomic E-state index is -3.26. The highest BCUT2D eigenvalue weighted by Gasteiger charge is 2.28. The number of fused-ring (bicyclic) bond motifs is 1. The highest BCUT2D eigenvalue weighted by molar-refractivity contribution is 7.91. The van der Waals surface area contributed by atoms with Gasteiger partial charge in [-0.2, -0.15) is 0 Å². The van der Waals surface area contributed by atoms with Crippen LogP contribution in [0.2, 0.25) is 5.02 Å². The number of aromatic nitrogens is 1. The van der Waals surface area contributed by atoms with E-state index in [1.165, 1.54) is 0 Å². The Labute approximate surface area is 223 Å². The number of carbonyl (C=O) groups excluding carboxylic acids is 1. The van der Waals surface area contributed by atoms with E-state index < -0.39 is 15.4 Å². The summed E-state index contributed by atoms with van der Waals surface area (Å²) in [7, 11) is -3.26. The molecule has 0 unspecified atom stereocenters. The normalized spacial score (nSPS) is 12.0. The fraction of sp³-hybridized carbons (Fsp3) is 0.276. The summed E-state index contributed by atoms with van der Waals surface area (Å²) in [5.41, 5.74) is 2.93. The van der Waals surface area contributed by atoms with Crippen LogP contribution >= 0.6 is 11.6 Å². The van der Waals surface area contributed by atoms with Gasteiger partial charge in [-0.15, -0.1) is 0 Å². The lowest BCUT2D eigenvalue weighted by molar-refractivity contribution is -0.115. The van der Waals surface area contributed by atoms with Crippen LogP contribution in [0.15, 0.2) is 77.7 Å². The van der Waals surface area contributed by atoms with Gasteiger partial charge in [0.15, 0.2) is 9.84 Å². The Morgan fingerprint density at radius 2 is 1.65 bits per heavy atom. The monoisotopic (exact) mass is 538 g/mol. The molecule has 0 atom stereocenters. The standard InChI is InChI=1S/C29H31ClN2O4S/c1-5-32-26-16-9-22(30)18-21(26)19-27(32)29(3,4)36-24-12-10-23(11-13-24)31-28(33)17-20-7-14-25(15-8-20)37(34,35)6-2/h7-16,18-19H,5-6,17H2,1-4H3,(H,31,33). The Balaban J connectivity index is 1.42. The molecule has 0 bridgehead atoms. The van der Waals surface area contributed by atoms with Crippen molar-refractivity contribution in [1.82, 2.24) is 4.57 Å². The average molecular weight is 539 g/mol. The van der Waals surface area contributed by atoms with Gasteiger partial charge in [-0.1, -0.05) is 30.7 Å². The summed E-state index contributed by atoms with van der Waals surface area (Å²) in [5.74, 6) is 0.536. The van der Waals surface area contributed by atoms with Crippen LogP contribution < -0.4 is 10.1 Å². The summed E-state index contributed by atoms with van der Waals surface area (Å²) in [6, 6.07) is 21.7. The lowest BCUT2D eigenvalue weighted by Gasteiger charge is -2.28. The zero-order chi connectivity index (χ0) is 26.8. The van der Waals surface area contributed by atoms with Crippen LogP contribution in [0.1, 0.15) is 39.0 Å². The number of nitrogens with zero attached hydrogens (tertiary/aromatic N) is 1. The lowest BCUT2D eigenvalue weighted by atomic mass is 10.0. The van der Waals surface area contributed by atoms with E-state index in [4.69, 9.17) is 16.3 Å². The Morgan fingerprint density at radius 1 is 0.973 bits per heavy atom. The number of hydrogen-bond acceptors (Lipinski definition) is 4. The number of halogens is 1. The van der Waals surface area contributed by atoms with E-state index >= 15 is 0 Å². The van der Waals surface area contributed by atoms with Crippen molar-refractivity contribution < 1.29 is 17.9 Å². The van der Waals surface area contributed by atoms with Gasteiger partial charge in [-0.3, -0.25) is 4.79 Å². The van der Waals surface area contributed by atoms with Crippen molar-refractivity contribution in [2.75, 3.05) is 11.1 Å². The van der Waals surface area contributed by atoms with Gasteiger partial charge in [0.1, 0.15) is 11.4 Å². The SMILES string of the molecule is CCn1c(C(C)(C)Oc2ccc(NC(=O)Cc3ccc(S(=O)(=O)CC)cc3)cc2)cc2cc(Cl)ccc21. The Hall–Kier alpha value is -3.29. The number of benzene rings is 3. The van der Waals surface area contributed by atoms with Crippen LogP contribution in [0, 0.1) is 0 Å². The smallest absolute Gasteiger partial charge is 0.228 e. The number of anilines is 1. The van der Waals surface area contributed by atoms with Gasteiger partial charge in [0.2, 0.25) is 5.91 Å². The van der Waals surface area contributed by atoms with Gasteiger partial charge in [0.25, 0.3) is 0 Å². The van der Waals surface area contributed by atoms with Crippen molar-refractivity contribution in [3.63, 3.8) is 0 Å². The first-order chi connectivity index (χ1) is 17.5. The summed E-state index contributed by atoms with van der Waals surface area (Å²) < 4.78 is 32.5. The molecule has 4 rings (SSSR count). The molecule has 6 nitrogen and oxygen atoms in total. The summed E-state index contributed by atoms with van der Waals surface area (Å²) in [6.07, 6.45) is 0.142. The first kappa shape index (κ1) is 26.8. The lowest BCUT2D eigenvalue weighted by Crippen LogP contribution is -2.28. The molecule has 8 heteroatoms. The predicted octanol–water partition coefficient (Wildman–Crippen LogP) is 6.60. The summed E-state index contributed by atoms with van der Waals surface area (Å²) >= 11 is 6.20. The highest BCUT2D eigenvalue weighted by Crippen LogP contribution is 2.33. The quantitative estimate of drug-likeness (QED) is 0.260. The first-order valence-corrected chi connectivity index (χ1v) is 14.3. The zero-order valence-corrected chi connectivity index (χ0v) is 23.0. The first-order valence-electron chi connectivity index (χ1n) is 12.2. The fourth-order valence-corrected chi connectivity index (χ4v) is 5.47. The van der Waals surface area contributed by atoms with Gasteiger partial charge in [0, 0.05) is 28.2 Å². The molecule has 3 aromatic carbocycles. The molecule has 0 saturated carbocycles. The number of nitrogens with one attached hydrogen (secondary N) is 1. The molecule has 4 aromatic rings. The van der Waals surface area contributed by atoms with Crippen molar-refractivity contribution in [3.8, 4) is 5.75 Å². The van der Waals surface area contributed by atoms with Crippen molar-refractivity contribution in [2.45, 2.75) is 51.2 Å². The molecule has 0 saturated heterocycles. The third-order valence-corrected chi connectivity index (χ3v) is 8.32. The van der Waals surface area contributed by atoms with E-state index in [0.29, 0.717) is 16.5 Å². The average Bonchev–Trinajstić information content (AvgIpc) is 3.24. The molecule has 1 heterocycles. The molecule has 0 aliphatic heterocycles. The molecule has 0 aliphatic carbocycles. The van der Waals surface area contributed by atoms with Gasteiger partial charge in [-0.05, 0) is 87.0 Å². The maximum atomic E-state index is 12.5. The number of aryl methyl sites for hydroxylation is 1. The van der Waals surface area contributed by atoms with Crippen molar-refractivity contribution in [3.05, 3.63) is 89.1 Å². The topological polar surface area (TPSA) is 77.4 Å². The second kappa shape index (κ2) is 10.6. The third kappa shape index (κ3) is 6.00. The summed E-state index contributed by atoms with van der Waals surface area (Å²) in [5, 5.41) is 4.65. The van der Waals surface area contributed by atoms with Crippen LogP contribution in [0.4, 0.5) is 5.69 Å².